The van der Waals surface area contributed by atoms with Crippen molar-refractivity contribution in [2.24, 2.45) is 5.11 Å². The summed E-state index contributed by atoms with van der Waals surface area (Å²) in [6.45, 7) is 1.42. The lowest BCUT2D eigenvalue weighted by Crippen LogP contribution is -2.23. The van der Waals surface area contributed by atoms with Crippen LogP contribution in [0.1, 0.15) is 18.2 Å². The minimum Gasteiger partial charge on any atom is -0.394 e. The molecule has 1 aromatic heterocycles. The van der Waals surface area contributed by atoms with Crippen LogP contribution in [0.4, 0.5) is 0 Å². The normalized spacial score (nSPS) is 26.1. The lowest BCUT2D eigenvalue weighted by Gasteiger charge is -2.16. The molecule has 102 valence electrons. The Hall–Kier alpha value is -1.67. The number of ether oxygens (including phenoxy) is 1. The fourth-order valence-corrected chi connectivity index (χ4v) is 2.30. The van der Waals surface area contributed by atoms with E-state index in [2.05, 4.69) is 15.0 Å². The van der Waals surface area contributed by atoms with E-state index >= 15 is 0 Å². The van der Waals surface area contributed by atoms with Gasteiger partial charge in [-0.25, -0.2) is 0 Å². The molecule has 1 saturated heterocycles. The van der Waals surface area contributed by atoms with Crippen LogP contribution in [-0.2, 0) is 4.74 Å². The van der Waals surface area contributed by atoms with Gasteiger partial charge in [-0.1, -0.05) is 5.11 Å². The summed E-state index contributed by atoms with van der Waals surface area (Å²) >= 11 is 5.08. The van der Waals surface area contributed by atoms with Crippen LogP contribution in [0.3, 0.4) is 0 Å². The highest BCUT2D eigenvalue weighted by Gasteiger charge is 2.35. The highest BCUT2D eigenvalue weighted by molar-refractivity contribution is 7.71. The summed E-state index contributed by atoms with van der Waals surface area (Å²) in [7, 11) is 0. The maximum atomic E-state index is 11.4. The van der Waals surface area contributed by atoms with E-state index in [1.54, 1.807) is 17.7 Å². The molecule has 1 aliphatic heterocycles. The minimum atomic E-state index is -0.560. The molecule has 0 amide bonds. The number of hydrogen-bond acceptors (Lipinski definition) is 5. The van der Waals surface area contributed by atoms with E-state index in [0.717, 1.165) is 0 Å². The first kappa shape index (κ1) is 13.8. The Kier molecular flexibility index (Phi) is 4.01. The molecule has 9 heteroatoms. The van der Waals surface area contributed by atoms with Crippen molar-refractivity contribution in [3.8, 4) is 0 Å². The van der Waals surface area contributed by atoms with Crippen LogP contribution in [0.15, 0.2) is 16.1 Å². The fourth-order valence-electron chi connectivity index (χ4n) is 2.04. The summed E-state index contributed by atoms with van der Waals surface area (Å²) < 4.78 is 7.43. The van der Waals surface area contributed by atoms with Crippen molar-refractivity contribution in [2.45, 2.75) is 31.7 Å². The van der Waals surface area contributed by atoms with Gasteiger partial charge in [0.1, 0.15) is 6.23 Å². The average Bonchev–Trinajstić information content (AvgIpc) is 2.77. The zero-order valence-corrected chi connectivity index (χ0v) is 11.0. The molecule has 0 saturated carbocycles. The van der Waals surface area contributed by atoms with E-state index < -0.39 is 18.4 Å². The predicted octanol–water partition coefficient (Wildman–Crippen LogP) is 1.17. The molecule has 2 heterocycles. The molecule has 0 radical (unpaired) electrons. The monoisotopic (exact) mass is 283 g/mol. The van der Waals surface area contributed by atoms with Crippen molar-refractivity contribution in [3.05, 3.63) is 37.3 Å². The largest absolute Gasteiger partial charge is 0.394 e. The first-order valence-corrected chi connectivity index (χ1v) is 6.10. The summed E-state index contributed by atoms with van der Waals surface area (Å²) in [5, 5.41) is 12.8. The van der Waals surface area contributed by atoms with Gasteiger partial charge >= 0.3 is 0 Å². The number of H-pyrrole nitrogens is 1. The van der Waals surface area contributed by atoms with Gasteiger partial charge in [-0.2, -0.15) is 0 Å². The summed E-state index contributed by atoms with van der Waals surface area (Å²) in [6, 6.07) is -0.450. The molecule has 1 fully saturated rings. The van der Waals surface area contributed by atoms with Gasteiger partial charge < -0.3 is 9.84 Å². The molecule has 2 N–H and O–H groups in total. The van der Waals surface area contributed by atoms with Crippen molar-refractivity contribution < 1.29 is 9.84 Å². The maximum absolute atomic E-state index is 11.4. The van der Waals surface area contributed by atoms with Gasteiger partial charge in [-0.15, -0.1) is 0 Å². The number of aliphatic hydroxyl groups is 1. The molecule has 8 nitrogen and oxygen atoms in total. The van der Waals surface area contributed by atoms with E-state index in [-0.39, 0.29) is 16.9 Å². The second-order valence-electron chi connectivity index (χ2n) is 4.30. The Morgan fingerprint density at radius 2 is 2.53 bits per heavy atom. The van der Waals surface area contributed by atoms with E-state index in [4.69, 9.17) is 22.5 Å². The van der Waals surface area contributed by atoms with Crippen molar-refractivity contribution in [1.29, 1.82) is 0 Å². The topological polar surface area (TPSA) is 116 Å². The van der Waals surface area contributed by atoms with E-state index in [0.29, 0.717) is 12.0 Å². The Labute approximate surface area is 113 Å². The van der Waals surface area contributed by atoms with Gasteiger partial charge in [0.15, 0.2) is 4.77 Å². The van der Waals surface area contributed by atoms with Crippen LogP contribution in [0.5, 0.6) is 0 Å². The highest BCUT2D eigenvalue weighted by atomic mass is 32.1. The van der Waals surface area contributed by atoms with Gasteiger partial charge in [0.2, 0.25) is 0 Å². The first-order valence-electron chi connectivity index (χ1n) is 5.69. The number of rotatable bonds is 3. The number of nitrogens with one attached hydrogen (secondary N) is 1. The Balaban J connectivity index is 2.34. The molecule has 0 aliphatic carbocycles. The number of aromatic amines is 1. The second-order valence-corrected chi connectivity index (χ2v) is 4.69. The maximum Gasteiger partial charge on any atom is 0.254 e. The van der Waals surface area contributed by atoms with Crippen molar-refractivity contribution >= 4 is 12.2 Å². The molecule has 19 heavy (non-hydrogen) atoms. The van der Waals surface area contributed by atoms with Gasteiger partial charge in [0, 0.05) is 23.1 Å². The molecular weight excluding hydrogens is 270 g/mol. The lowest BCUT2D eigenvalue weighted by molar-refractivity contribution is -0.0263. The Bertz CT molecular complexity index is 633. The smallest absolute Gasteiger partial charge is 0.254 e. The van der Waals surface area contributed by atoms with Crippen molar-refractivity contribution in [3.63, 3.8) is 0 Å². The lowest BCUT2D eigenvalue weighted by atomic mass is 10.1. The Morgan fingerprint density at radius 1 is 1.79 bits per heavy atom. The van der Waals surface area contributed by atoms with Crippen LogP contribution >= 0.6 is 12.2 Å². The van der Waals surface area contributed by atoms with Crippen LogP contribution < -0.4 is 5.56 Å². The summed E-state index contributed by atoms with van der Waals surface area (Å²) in [5.74, 6) is 0. The first-order chi connectivity index (χ1) is 9.06. The molecule has 1 aromatic rings. The SMILES string of the molecule is Cc1cn([C@H]2C[C@H](N=[N+]=[N-])[C@@H](CO)O2)c(=S)[nH]c1=O. The van der Waals surface area contributed by atoms with Gasteiger partial charge in [0.25, 0.3) is 5.56 Å². The van der Waals surface area contributed by atoms with Crippen LogP contribution in [0.2, 0.25) is 0 Å². The van der Waals surface area contributed by atoms with Crippen molar-refractivity contribution in [1.82, 2.24) is 9.55 Å². The Morgan fingerprint density at radius 3 is 3.16 bits per heavy atom. The number of aryl methyl sites for hydroxylation is 1. The predicted molar refractivity (Wildman–Crippen MR) is 69.2 cm³/mol. The summed E-state index contributed by atoms with van der Waals surface area (Å²) in [6.07, 6.45) is 0.971. The van der Waals surface area contributed by atoms with Crippen molar-refractivity contribution in [2.75, 3.05) is 6.61 Å². The summed E-state index contributed by atoms with van der Waals surface area (Å²) in [5.41, 5.74) is 8.74. The molecule has 0 unspecified atom stereocenters. The molecule has 0 spiro atoms. The molecule has 0 aromatic carbocycles. The van der Waals surface area contributed by atoms with E-state index in [1.165, 1.54) is 0 Å². The van der Waals surface area contributed by atoms with Gasteiger partial charge in [-0.3, -0.25) is 14.3 Å². The fraction of sp³-hybridized carbons (Fsp3) is 0.600. The third-order valence-corrected chi connectivity index (χ3v) is 3.35. The second kappa shape index (κ2) is 5.54. The van der Waals surface area contributed by atoms with Crippen LogP contribution in [0, 0.1) is 11.7 Å². The molecule has 2 rings (SSSR count). The third kappa shape index (κ3) is 2.69. The number of aromatic nitrogens is 2. The number of nitrogens with zero attached hydrogens (tertiary/aromatic N) is 4. The number of azide groups is 1. The highest BCUT2D eigenvalue weighted by Crippen LogP contribution is 2.30. The molecule has 0 bridgehead atoms. The zero-order valence-electron chi connectivity index (χ0n) is 10.2. The summed E-state index contributed by atoms with van der Waals surface area (Å²) in [4.78, 5) is 16.7. The van der Waals surface area contributed by atoms with Crippen LogP contribution in [0.25, 0.3) is 10.4 Å². The third-order valence-electron chi connectivity index (χ3n) is 3.04. The standard InChI is InChI=1S/C10H13N5O3S/c1-5-3-15(10(19)12-9(5)17)8-2-6(13-14-11)7(4-16)18-8/h3,6-8,16H,2,4H2,1H3,(H,12,17,19)/t6-,7+,8+/m0/s1. The number of hydrogen-bond donors (Lipinski definition) is 2. The van der Waals surface area contributed by atoms with Gasteiger partial charge in [-0.05, 0) is 24.7 Å². The molecular formula is C10H13N5O3S. The average molecular weight is 283 g/mol. The number of aliphatic hydroxyl groups excluding tert-OH is 1. The molecule has 3 atom stereocenters. The van der Waals surface area contributed by atoms with Crippen LogP contribution in [-0.4, -0.2) is 33.4 Å². The molecule has 1 aliphatic rings. The van der Waals surface area contributed by atoms with E-state index in [1.807, 2.05) is 0 Å². The zero-order chi connectivity index (χ0) is 14.0. The quantitative estimate of drug-likeness (QED) is 0.375. The van der Waals surface area contributed by atoms with Gasteiger partial charge in [0.05, 0.1) is 18.8 Å². The minimum absolute atomic E-state index is 0.235. The van der Waals surface area contributed by atoms with E-state index in [9.17, 15) is 9.90 Å².